The molecule has 0 saturated heterocycles. The summed E-state index contributed by atoms with van der Waals surface area (Å²) in [5, 5.41) is 4.32. The fourth-order valence-corrected chi connectivity index (χ4v) is 9.47. The molecule has 0 aliphatic carbocycles. The van der Waals surface area contributed by atoms with Crippen LogP contribution in [0.15, 0.2) is 97.1 Å². The van der Waals surface area contributed by atoms with Crippen molar-refractivity contribution in [2.75, 3.05) is 13.9 Å². The number of methoxy groups -OCH3 is 1. The van der Waals surface area contributed by atoms with E-state index in [4.69, 9.17) is 9.47 Å². The molecule has 4 aromatic carbocycles. The minimum absolute atomic E-state index is 0.0348. The van der Waals surface area contributed by atoms with Crippen LogP contribution in [0.2, 0.25) is 0 Å². The Labute approximate surface area is 232 Å². The maximum absolute atomic E-state index is 6.10. The Morgan fingerprint density at radius 3 is 2.08 bits per heavy atom. The van der Waals surface area contributed by atoms with E-state index in [9.17, 15) is 0 Å². The zero-order chi connectivity index (χ0) is 27.0. The molecule has 0 spiro atoms. The molecule has 4 aromatic rings. The van der Waals surface area contributed by atoms with Crippen LogP contribution in [0.25, 0.3) is 0 Å². The molecular weight excluding hydrogens is 502 g/mol. The van der Waals surface area contributed by atoms with Gasteiger partial charge in [0, 0.05) is 24.0 Å². The lowest BCUT2D eigenvalue weighted by atomic mass is 9.93. The maximum atomic E-state index is 6.10. The first-order chi connectivity index (χ1) is 18.4. The molecule has 2 atom stereocenters. The summed E-state index contributed by atoms with van der Waals surface area (Å²) >= 11 is 0. The van der Waals surface area contributed by atoms with Crippen molar-refractivity contribution in [1.29, 1.82) is 0 Å². The lowest BCUT2D eigenvalue weighted by Gasteiger charge is -2.34. The third-order valence-corrected chi connectivity index (χ3v) is 11.6. The van der Waals surface area contributed by atoms with Gasteiger partial charge >= 0.3 is 0 Å². The predicted octanol–water partition coefficient (Wildman–Crippen LogP) is 7.94. The normalized spacial score (nSPS) is 13.2. The van der Waals surface area contributed by atoms with Crippen LogP contribution in [0.5, 0.6) is 5.75 Å². The molecule has 0 aliphatic rings. The number of aryl methyl sites for hydroxylation is 2. The minimum atomic E-state index is -0.516. The van der Waals surface area contributed by atoms with E-state index < -0.39 is 7.92 Å². The molecule has 2 nitrogen and oxygen atoms in total. The molecule has 0 amide bonds. The van der Waals surface area contributed by atoms with Gasteiger partial charge in [0.15, 0.2) is 6.79 Å². The van der Waals surface area contributed by atoms with Crippen LogP contribution in [0, 0.1) is 13.8 Å². The second kappa shape index (κ2) is 13.5. The van der Waals surface area contributed by atoms with E-state index in [-0.39, 0.29) is 11.9 Å². The van der Waals surface area contributed by atoms with Crippen molar-refractivity contribution in [3.05, 3.63) is 119 Å². The molecule has 0 aromatic heterocycles. The highest BCUT2D eigenvalue weighted by Gasteiger charge is 2.31. The summed E-state index contributed by atoms with van der Waals surface area (Å²) in [6.45, 7) is 9.43. The van der Waals surface area contributed by atoms with E-state index in [1.165, 1.54) is 38.2 Å². The van der Waals surface area contributed by atoms with Gasteiger partial charge in [0.25, 0.3) is 0 Å². The summed E-state index contributed by atoms with van der Waals surface area (Å²) in [4.78, 5) is 0. The van der Waals surface area contributed by atoms with Crippen LogP contribution < -0.4 is 20.7 Å². The monoisotopic (exact) mass is 542 g/mol. The van der Waals surface area contributed by atoms with E-state index in [0.717, 1.165) is 24.8 Å². The molecule has 0 saturated carbocycles. The van der Waals surface area contributed by atoms with Gasteiger partial charge in [-0.15, -0.1) is 0 Å². The van der Waals surface area contributed by atoms with Crippen LogP contribution in [-0.2, 0) is 16.1 Å². The second-order valence-electron chi connectivity index (χ2n) is 10.1. The van der Waals surface area contributed by atoms with Crippen molar-refractivity contribution in [1.82, 2.24) is 0 Å². The van der Waals surface area contributed by atoms with E-state index in [2.05, 4.69) is 125 Å². The fourth-order valence-electron chi connectivity index (χ4n) is 5.12. The highest BCUT2D eigenvalue weighted by atomic mass is 31.1. The smallest absolute Gasteiger partial charge is 0.188 e. The number of hydrogen-bond donors (Lipinski definition) is 0. The van der Waals surface area contributed by atoms with E-state index >= 15 is 0 Å². The molecule has 2 unspecified atom stereocenters. The molecule has 4 rings (SSSR count). The number of benzene rings is 4. The van der Waals surface area contributed by atoms with Gasteiger partial charge in [-0.2, -0.15) is 0 Å². The fraction of sp³-hybridized carbons (Fsp3) is 0.294. The van der Waals surface area contributed by atoms with Gasteiger partial charge in [-0.1, -0.05) is 125 Å². The zero-order valence-electron chi connectivity index (χ0n) is 23.3. The SMILES string of the molecule is CCCC(C)(Pc1c(C)cccc1CP(c1ccccc1)c1ccccc1)c1cc(C)ccc1OCOC. The second-order valence-corrected chi connectivity index (χ2v) is 14.2. The largest absolute Gasteiger partial charge is 0.467 e. The van der Waals surface area contributed by atoms with Gasteiger partial charge in [0.1, 0.15) is 5.75 Å². The summed E-state index contributed by atoms with van der Waals surface area (Å²) in [7, 11) is 1.80. The van der Waals surface area contributed by atoms with Crippen molar-refractivity contribution in [3.63, 3.8) is 0 Å². The average molecular weight is 543 g/mol. The van der Waals surface area contributed by atoms with Crippen molar-refractivity contribution in [2.45, 2.75) is 51.9 Å². The lowest BCUT2D eigenvalue weighted by molar-refractivity contribution is 0.0500. The summed E-state index contributed by atoms with van der Waals surface area (Å²) in [5.74, 6) is 0.937. The van der Waals surface area contributed by atoms with Crippen molar-refractivity contribution < 1.29 is 9.47 Å². The quantitative estimate of drug-likeness (QED) is 0.134. The maximum Gasteiger partial charge on any atom is 0.188 e. The Morgan fingerprint density at radius 2 is 1.47 bits per heavy atom. The molecule has 0 fully saturated rings. The van der Waals surface area contributed by atoms with Gasteiger partial charge in [-0.25, -0.2) is 0 Å². The zero-order valence-corrected chi connectivity index (χ0v) is 25.2. The molecular formula is C34H40O2P2. The number of ether oxygens (including phenoxy) is 2. The molecule has 0 N–H and O–H groups in total. The Hall–Kier alpha value is -2.50. The average Bonchev–Trinajstić information content (AvgIpc) is 2.94. The molecule has 38 heavy (non-hydrogen) atoms. The molecule has 198 valence electrons. The van der Waals surface area contributed by atoms with Gasteiger partial charge < -0.3 is 9.47 Å². The van der Waals surface area contributed by atoms with Crippen LogP contribution in [0.1, 0.15) is 48.9 Å². The first-order valence-electron chi connectivity index (χ1n) is 13.4. The topological polar surface area (TPSA) is 18.5 Å². The standard InChI is InChI=1S/C34H40O2P2/c1-6-22-34(4,31-23-26(2)20-21-32(31)36-25-35-5)37-33-27(3)14-13-15-28(33)24-38(29-16-9-7-10-17-29)30-18-11-8-12-19-30/h7-21,23,37H,6,22,24-25H2,1-5H3. The Balaban J connectivity index is 1.77. The third-order valence-electron chi connectivity index (χ3n) is 7.04. The van der Waals surface area contributed by atoms with E-state index in [1.807, 2.05) is 0 Å². The van der Waals surface area contributed by atoms with Crippen molar-refractivity contribution in [3.8, 4) is 5.75 Å². The minimum Gasteiger partial charge on any atom is -0.467 e. The van der Waals surface area contributed by atoms with Crippen molar-refractivity contribution >= 4 is 32.4 Å². The first kappa shape index (κ1) is 28.5. The van der Waals surface area contributed by atoms with Gasteiger partial charge in [-0.3, -0.25) is 0 Å². The van der Waals surface area contributed by atoms with Crippen LogP contribution in [0.4, 0.5) is 0 Å². The number of hydrogen-bond acceptors (Lipinski definition) is 2. The highest BCUT2D eigenvalue weighted by Crippen LogP contribution is 2.50. The number of rotatable bonds is 12. The summed E-state index contributed by atoms with van der Waals surface area (Å²) in [6, 6.07) is 35.5. The molecule has 0 heterocycles. The Morgan fingerprint density at radius 1 is 0.816 bits per heavy atom. The van der Waals surface area contributed by atoms with E-state index in [0.29, 0.717) is 8.58 Å². The van der Waals surface area contributed by atoms with Crippen LogP contribution in [-0.4, -0.2) is 13.9 Å². The van der Waals surface area contributed by atoms with Gasteiger partial charge in [0.2, 0.25) is 0 Å². The molecule has 0 bridgehead atoms. The lowest BCUT2D eigenvalue weighted by Crippen LogP contribution is -2.24. The molecule has 4 heteroatoms. The molecule has 0 aliphatic heterocycles. The van der Waals surface area contributed by atoms with Gasteiger partial charge in [-0.05, 0) is 61.3 Å². The summed E-state index contributed by atoms with van der Waals surface area (Å²) in [5.41, 5.74) is 5.40. The summed E-state index contributed by atoms with van der Waals surface area (Å²) < 4.78 is 11.4. The molecule has 0 radical (unpaired) electrons. The van der Waals surface area contributed by atoms with E-state index in [1.54, 1.807) is 7.11 Å². The van der Waals surface area contributed by atoms with Crippen molar-refractivity contribution in [2.24, 2.45) is 0 Å². The Kier molecular flexibility index (Phi) is 10.1. The highest BCUT2D eigenvalue weighted by molar-refractivity contribution is 7.72. The Bertz CT molecular complexity index is 1270. The third kappa shape index (κ3) is 6.92. The van der Waals surface area contributed by atoms with Crippen LogP contribution >= 0.6 is 16.5 Å². The predicted molar refractivity (Wildman–Crippen MR) is 168 cm³/mol. The van der Waals surface area contributed by atoms with Gasteiger partial charge in [0.05, 0.1) is 0 Å². The van der Waals surface area contributed by atoms with Crippen LogP contribution in [0.3, 0.4) is 0 Å². The first-order valence-corrected chi connectivity index (χ1v) is 15.9. The summed E-state index contributed by atoms with van der Waals surface area (Å²) in [6.07, 6.45) is 3.25.